The van der Waals surface area contributed by atoms with E-state index in [2.05, 4.69) is 10.3 Å². The number of rotatable bonds is 7. The van der Waals surface area contributed by atoms with Crippen LogP contribution in [0.25, 0.3) is 10.6 Å². The number of aromatic nitrogens is 1. The molecule has 32 heavy (non-hydrogen) atoms. The number of benzene rings is 2. The normalized spacial score (nSPS) is 15.4. The van der Waals surface area contributed by atoms with Crippen molar-refractivity contribution in [1.29, 1.82) is 0 Å². The van der Waals surface area contributed by atoms with E-state index in [1.165, 1.54) is 11.3 Å². The lowest BCUT2D eigenvalue weighted by Gasteiger charge is -2.22. The molecule has 0 bridgehead atoms. The molecule has 1 N–H and O–H groups in total. The smallest absolute Gasteiger partial charge is 0.266 e. The van der Waals surface area contributed by atoms with E-state index in [0.29, 0.717) is 28.0 Å². The van der Waals surface area contributed by atoms with Crippen LogP contribution in [0, 0.1) is 6.92 Å². The van der Waals surface area contributed by atoms with Crippen LogP contribution in [0.5, 0.6) is 0 Å². The molecule has 2 saturated carbocycles. The van der Waals surface area contributed by atoms with E-state index in [1.807, 2.05) is 60.4 Å². The van der Waals surface area contributed by atoms with Crippen LogP contribution in [-0.4, -0.2) is 33.8 Å². The van der Waals surface area contributed by atoms with Gasteiger partial charge in [-0.25, -0.2) is 4.98 Å². The lowest BCUT2D eigenvalue weighted by molar-refractivity contribution is 0.0733. The highest BCUT2D eigenvalue weighted by Gasteiger charge is 2.34. The van der Waals surface area contributed by atoms with E-state index < -0.39 is 0 Å². The molecule has 164 valence electrons. The summed E-state index contributed by atoms with van der Waals surface area (Å²) in [5, 5.41) is 4.51. The van der Waals surface area contributed by atoms with E-state index in [1.54, 1.807) is 0 Å². The Morgan fingerprint density at radius 3 is 2.38 bits per heavy atom. The fourth-order valence-corrected chi connectivity index (χ4v) is 4.80. The standard InChI is InChI=1S/C25H24ClN3O2S/c1-15-22(32-24(27-15)18-6-8-19(26)9-7-18)25(31)29(21-12-13-21)14-16-2-4-17(5-3-16)23(30)28-20-10-11-20/h2-9,20-21H,10-14H2,1H3,(H,28,30). The quantitative estimate of drug-likeness (QED) is 0.503. The molecule has 0 radical (unpaired) electrons. The fraction of sp³-hybridized carbons (Fsp3) is 0.320. The summed E-state index contributed by atoms with van der Waals surface area (Å²) in [4.78, 5) is 33.0. The second-order valence-corrected chi connectivity index (χ2v) is 9.98. The molecule has 5 nitrogen and oxygen atoms in total. The zero-order chi connectivity index (χ0) is 22.2. The van der Waals surface area contributed by atoms with Crippen molar-refractivity contribution in [3.63, 3.8) is 0 Å². The van der Waals surface area contributed by atoms with Crippen molar-refractivity contribution in [3.8, 4) is 10.6 Å². The van der Waals surface area contributed by atoms with E-state index in [-0.39, 0.29) is 17.9 Å². The lowest BCUT2D eigenvalue weighted by Crippen LogP contribution is -2.32. The topological polar surface area (TPSA) is 62.3 Å². The Morgan fingerprint density at radius 1 is 1.06 bits per heavy atom. The van der Waals surface area contributed by atoms with Crippen molar-refractivity contribution in [1.82, 2.24) is 15.2 Å². The van der Waals surface area contributed by atoms with E-state index >= 15 is 0 Å². The third-order valence-corrected chi connectivity index (χ3v) is 7.26. The molecule has 0 aliphatic heterocycles. The molecule has 2 fully saturated rings. The maximum atomic E-state index is 13.5. The van der Waals surface area contributed by atoms with Gasteiger partial charge < -0.3 is 10.2 Å². The number of halogens is 1. The molecule has 1 heterocycles. The Kier molecular flexibility index (Phi) is 5.74. The average molecular weight is 466 g/mol. The fourth-order valence-electron chi connectivity index (χ4n) is 3.65. The maximum absolute atomic E-state index is 13.5. The second kappa shape index (κ2) is 8.68. The molecule has 1 aromatic heterocycles. The highest BCUT2D eigenvalue weighted by molar-refractivity contribution is 7.17. The van der Waals surface area contributed by atoms with Crippen molar-refractivity contribution < 1.29 is 9.59 Å². The maximum Gasteiger partial charge on any atom is 0.266 e. The summed E-state index contributed by atoms with van der Waals surface area (Å²) in [6, 6.07) is 15.7. The number of carbonyl (C=O) groups excluding carboxylic acids is 2. The molecule has 3 aromatic rings. The molecule has 0 spiro atoms. The van der Waals surface area contributed by atoms with E-state index in [4.69, 9.17) is 11.6 Å². The van der Waals surface area contributed by atoms with Crippen LogP contribution in [0.15, 0.2) is 48.5 Å². The van der Waals surface area contributed by atoms with Gasteiger partial charge >= 0.3 is 0 Å². The van der Waals surface area contributed by atoms with Crippen LogP contribution in [-0.2, 0) is 6.54 Å². The second-order valence-electron chi connectivity index (χ2n) is 8.55. The Morgan fingerprint density at radius 2 is 1.75 bits per heavy atom. The number of hydrogen-bond acceptors (Lipinski definition) is 4. The summed E-state index contributed by atoms with van der Waals surface area (Å²) in [7, 11) is 0. The minimum Gasteiger partial charge on any atom is -0.349 e. The Labute approximate surface area is 196 Å². The van der Waals surface area contributed by atoms with Gasteiger partial charge in [0.05, 0.1) is 5.69 Å². The molecule has 2 amide bonds. The van der Waals surface area contributed by atoms with Gasteiger partial charge in [-0.1, -0.05) is 35.9 Å². The monoisotopic (exact) mass is 465 g/mol. The summed E-state index contributed by atoms with van der Waals surface area (Å²) in [5.74, 6) is 0.00227. The van der Waals surface area contributed by atoms with Crippen LogP contribution >= 0.6 is 22.9 Å². The van der Waals surface area contributed by atoms with Gasteiger partial charge in [0.2, 0.25) is 0 Å². The molecule has 2 aliphatic rings. The van der Waals surface area contributed by atoms with Crippen LogP contribution < -0.4 is 5.32 Å². The SMILES string of the molecule is Cc1nc(-c2ccc(Cl)cc2)sc1C(=O)N(Cc1ccc(C(=O)NC2CC2)cc1)C1CC1. The average Bonchev–Trinajstić information content (AvgIpc) is 3.72. The Hall–Kier alpha value is -2.70. The van der Waals surface area contributed by atoms with Crippen molar-refractivity contribution >= 4 is 34.8 Å². The summed E-state index contributed by atoms with van der Waals surface area (Å²) in [6.45, 7) is 2.42. The first-order valence-electron chi connectivity index (χ1n) is 10.9. The Bertz CT molecular complexity index is 1150. The van der Waals surface area contributed by atoms with Gasteiger partial charge in [0.15, 0.2) is 0 Å². The zero-order valence-corrected chi connectivity index (χ0v) is 19.4. The first-order chi connectivity index (χ1) is 15.5. The van der Waals surface area contributed by atoms with Crippen LogP contribution in [0.1, 0.15) is 57.0 Å². The molecule has 5 rings (SSSR count). The highest BCUT2D eigenvalue weighted by Crippen LogP contribution is 2.34. The van der Waals surface area contributed by atoms with Gasteiger partial charge in [0.25, 0.3) is 11.8 Å². The van der Waals surface area contributed by atoms with E-state index in [9.17, 15) is 9.59 Å². The van der Waals surface area contributed by atoms with Crippen molar-refractivity contribution in [2.45, 2.75) is 51.2 Å². The number of aryl methyl sites for hydroxylation is 1. The number of amides is 2. The number of nitrogens with one attached hydrogen (secondary N) is 1. The minimum atomic E-state index is -0.0239. The summed E-state index contributed by atoms with van der Waals surface area (Å²) < 4.78 is 0. The number of hydrogen-bond donors (Lipinski definition) is 1. The predicted octanol–water partition coefficient (Wildman–Crippen LogP) is 5.47. The Balaban J connectivity index is 1.32. The molecular weight excluding hydrogens is 442 g/mol. The molecule has 0 saturated heterocycles. The largest absolute Gasteiger partial charge is 0.349 e. The number of thiazole rings is 1. The van der Waals surface area contributed by atoms with Gasteiger partial charge in [0, 0.05) is 34.8 Å². The first-order valence-corrected chi connectivity index (χ1v) is 12.1. The molecule has 0 atom stereocenters. The third-order valence-electron chi connectivity index (χ3n) is 5.81. The van der Waals surface area contributed by atoms with Gasteiger partial charge in [0.1, 0.15) is 9.88 Å². The van der Waals surface area contributed by atoms with Crippen molar-refractivity contribution in [3.05, 3.63) is 75.3 Å². The predicted molar refractivity (Wildman–Crippen MR) is 127 cm³/mol. The molecule has 0 unspecified atom stereocenters. The van der Waals surface area contributed by atoms with E-state index in [0.717, 1.165) is 47.5 Å². The summed E-state index contributed by atoms with van der Waals surface area (Å²) in [6.07, 6.45) is 4.18. The van der Waals surface area contributed by atoms with Gasteiger partial charge in [-0.15, -0.1) is 11.3 Å². The molecule has 2 aromatic carbocycles. The van der Waals surface area contributed by atoms with Crippen LogP contribution in [0.3, 0.4) is 0 Å². The van der Waals surface area contributed by atoms with Crippen molar-refractivity contribution in [2.75, 3.05) is 0 Å². The first kappa shape index (κ1) is 21.2. The minimum absolute atomic E-state index is 0.0239. The zero-order valence-electron chi connectivity index (χ0n) is 17.8. The van der Waals surface area contributed by atoms with Crippen LogP contribution in [0.4, 0.5) is 0 Å². The molecule has 2 aliphatic carbocycles. The van der Waals surface area contributed by atoms with Crippen molar-refractivity contribution in [2.24, 2.45) is 0 Å². The third kappa shape index (κ3) is 4.71. The van der Waals surface area contributed by atoms with Crippen LogP contribution in [0.2, 0.25) is 5.02 Å². The lowest BCUT2D eigenvalue weighted by atomic mass is 10.1. The molecular formula is C25H24ClN3O2S. The van der Waals surface area contributed by atoms with Gasteiger partial charge in [-0.3, -0.25) is 9.59 Å². The van der Waals surface area contributed by atoms with Gasteiger partial charge in [-0.2, -0.15) is 0 Å². The number of carbonyl (C=O) groups is 2. The summed E-state index contributed by atoms with van der Waals surface area (Å²) >= 11 is 7.43. The molecule has 7 heteroatoms. The summed E-state index contributed by atoms with van der Waals surface area (Å²) in [5.41, 5.74) is 3.39. The number of nitrogens with zero attached hydrogens (tertiary/aromatic N) is 2. The highest BCUT2D eigenvalue weighted by atomic mass is 35.5. The van der Waals surface area contributed by atoms with Gasteiger partial charge in [-0.05, 0) is 62.4 Å².